The van der Waals surface area contributed by atoms with E-state index in [1.807, 2.05) is 13.0 Å². The minimum atomic E-state index is -1.04. The topological polar surface area (TPSA) is 109 Å². The van der Waals surface area contributed by atoms with Gasteiger partial charge in [0.05, 0.1) is 18.3 Å². The molecule has 142 valence electrons. The largest absolute Gasteiger partial charge is 0.480 e. The smallest absolute Gasteiger partial charge is 0.328 e. The Balaban J connectivity index is 1.74. The first kappa shape index (κ1) is 18.6. The third kappa shape index (κ3) is 4.14. The maximum absolute atomic E-state index is 12.5. The molecule has 27 heavy (non-hydrogen) atoms. The summed E-state index contributed by atoms with van der Waals surface area (Å²) in [6.45, 7) is 2.44. The molecule has 1 aromatic carbocycles. The van der Waals surface area contributed by atoms with E-state index in [2.05, 4.69) is 15.5 Å². The summed E-state index contributed by atoms with van der Waals surface area (Å²) in [4.78, 5) is 24.1. The predicted molar refractivity (Wildman–Crippen MR) is 99.8 cm³/mol. The summed E-state index contributed by atoms with van der Waals surface area (Å²) in [5.74, 6) is -1.14. The number of rotatable bonds is 7. The van der Waals surface area contributed by atoms with Crippen molar-refractivity contribution in [3.05, 3.63) is 42.6 Å². The molecule has 2 N–H and O–H groups in total. The maximum Gasteiger partial charge on any atom is 0.328 e. The molecule has 1 aliphatic rings. The molecule has 2 heterocycles. The van der Waals surface area contributed by atoms with Crippen LogP contribution in [0.3, 0.4) is 0 Å². The highest BCUT2D eigenvalue weighted by molar-refractivity contribution is 6.44. The number of carboxylic acid groups (broad SMARTS) is 1. The number of nitrogens with one attached hydrogen (secondary N) is 1. The SMILES string of the molecule is COCC(C)n1ccc(NC(=O)C2=NN(c3ccccc3)C(C(=O)O)C2)n1. The molecular weight excluding hydrogens is 350 g/mol. The fourth-order valence-electron chi connectivity index (χ4n) is 2.81. The number of nitrogens with zero attached hydrogens (tertiary/aromatic N) is 4. The summed E-state index contributed by atoms with van der Waals surface area (Å²) >= 11 is 0. The monoisotopic (exact) mass is 371 g/mol. The number of aliphatic carboxylic acids is 1. The predicted octanol–water partition coefficient (Wildman–Crippen LogP) is 1.75. The number of methoxy groups -OCH3 is 1. The molecule has 1 aliphatic heterocycles. The van der Waals surface area contributed by atoms with Crippen LogP contribution in [0.2, 0.25) is 0 Å². The Morgan fingerprint density at radius 3 is 2.74 bits per heavy atom. The van der Waals surface area contributed by atoms with E-state index in [4.69, 9.17) is 4.74 Å². The molecule has 0 spiro atoms. The highest BCUT2D eigenvalue weighted by Crippen LogP contribution is 2.25. The standard InChI is InChI=1S/C18H21N5O4/c1-12(11-27-2)22-9-8-16(21-22)19-17(24)14-10-15(18(25)26)23(20-14)13-6-4-3-5-7-13/h3-9,12,15H,10-11H2,1-2H3,(H,25,26)(H,19,21,24). The van der Waals surface area contributed by atoms with Gasteiger partial charge >= 0.3 is 5.97 Å². The number of para-hydroxylation sites is 1. The molecule has 1 amide bonds. The molecule has 3 rings (SSSR count). The van der Waals surface area contributed by atoms with E-state index in [-0.39, 0.29) is 18.2 Å². The van der Waals surface area contributed by atoms with Crippen molar-refractivity contribution < 1.29 is 19.4 Å². The van der Waals surface area contributed by atoms with E-state index >= 15 is 0 Å². The Kier molecular flexibility index (Phi) is 5.51. The molecule has 0 saturated carbocycles. The number of carbonyl (C=O) groups excluding carboxylic acids is 1. The Bertz CT molecular complexity index is 848. The van der Waals surface area contributed by atoms with Gasteiger partial charge in [0.2, 0.25) is 0 Å². The lowest BCUT2D eigenvalue weighted by Crippen LogP contribution is -2.34. The van der Waals surface area contributed by atoms with Crippen LogP contribution in [0.1, 0.15) is 19.4 Å². The van der Waals surface area contributed by atoms with Crippen molar-refractivity contribution >= 4 is 29.1 Å². The number of amides is 1. The van der Waals surface area contributed by atoms with Gasteiger partial charge in [0.15, 0.2) is 11.9 Å². The van der Waals surface area contributed by atoms with Gasteiger partial charge in [-0.15, -0.1) is 0 Å². The van der Waals surface area contributed by atoms with Gasteiger partial charge in [0, 0.05) is 25.8 Å². The third-order valence-corrected chi connectivity index (χ3v) is 4.19. The van der Waals surface area contributed by atoms with Crippen LogP contribution in [0.5, 0.6) is 0 Å². The zero-order valence-electron chi connectivity index (χ0n) is 15.1. The van der Waals surface area contributed by atoms with Crippen molar-refractivity contribution in [2.24, 2.45) is 5.10 Å². The Hall–Kier alpha value is -3.20. The minimum Gasteiger partial charge on any atom is -0.480 e. The van der Waals surface area contributed by atoms with E-state index < -0.39 is 17.9 Å². The van der Waals surface area contributed by atoms with E-state index in [0.717, 1.165) is 0 Å². The van der Waals surface area contributed by atoms with Gasteiger partial charge < -0.3 is 15.2 Å². The van der Waals surface area contributed by atoms with Gasteiger partial charge in [-0.1, -0.05) is 18.2 Å². The average molecular weight is 371 g/mol. The quantitative estimate of drug-likeness (QED) is 0.767. The number of hydrazone groups is 1. The van der Waals surface area contributed by atoms with Crippen LogP contribution in [-0.4, -0.2) is 52.2 Å². The summed E-state index contributed by atoms with van der Waals surface area (Å²) in [6.07, 6.45) is 1.75. The van der Waals surface area contributed by atoms with Gasteiger partial charge in [-0.05, 0) is 19.1 Å². The molecule has 0 bridgehead atoms. The van der Waals surface area contributed by atoms with Crippen molar-refractivity contribution in [2.75, 3.05) is 24.0 Å². The van der Waals surface area contributed by atoms with Crippen LogP contribution < -0.4 is 10.3 Å². The molecule has 2 atom stereocenters. The maximum atomic E-state index is 12.5. The highest BCUT2D eigenvalue weighted by Gasteiger charge is 2.36. The van der Waals surface area contributed by atoms with Crippen molar-refractivity contribution in [3.63, 3.8) is 0 Å². The Labute approximate surface area is 156 Å². The molecule has 2 aromatic rings. The van der Waals surface area contributed by atoms with Crippen LogP contribution in [0.4, 0.5) is 11.5 Å². The summed E-state index contributed by atoms with van der Waals surface area (Å²) < 4.78 is 6.78. The highest BCUT2D eigenvalue weighted by atomic mass is 16.5. The van der Waals surface area contributed by atoms with Gasteiger partial charge in [0.25, 0.3) is 5.91 Å². The number of anilines is 2. The summed E-state index contributed by atoms with van der Waals surface area (Å²) in [5.41, 5.74) is 0.760. The lowest BCUT2D eigenvalue weighted by Gasteiger charge is -2.19. The second kappa shape index (κ2) is 8.00. The normalized spacial score (nSPS) is 17.5. The van der Waals surface area contributed by atoms with E-state index in [1.165, 1.54) is 5.01 Å². The Morgan fingerprint density at radius 2 is 2.07 bits per heavy atom. The number of carboxylic acids is 1. The van der Waals surface area contributed by atoms with Crippen molar-refractivity contribution in [1.82, 2.24) is 9.78 Å². The minimum absolute atomic E-state index is 0.0108. The molecule has 0 saturated heterocycles. The first-order valence-electron chi connectivity index (χ1n) is 8.49. The molecule has 0 fully saturated rings. The van der Waals surface area contributed by atoms with E-state index in [1.54, 1.807) is 48.3 Å². The lowest BCUT2D eigenvalue weighted by molar-refractivity contribution is -0.138. The number of aromatic nitrogens is 2. The molecule has 1 aromatic heterocycles. The van der Waals surface area contributed by atoms with E-state index in [9.17, 15) is 14.7 Å². The van der Waals surface area contributed by atoms with Crippen molar-refractivity contribution in [3.8, 4) is 0 Å². The second-order valence-electron chi connectivity index (χ2n) is 6.22. The van der Waals surface area contributed by atoms with Gasteiger partial charge in [-0.3, -0.25) is 14.5 Å². The lowest BCUT2D eigenvalue weighted by atomic mass is 10.1. The van der Waals surface area contributed by atoms with Gasteiger partial charge in [-0.2, -0.15) is 10.2 Å². The fourth-order valence-corrected chi connectivity index (χ4v) is 2.81. The Morgan fingerprint density at radius 1 is 1.33 bits per heavy atom. The third-order valence-electron chi connectivity index (χ3n) is 4.19. The van der Waals surface area contributed by atoms with Crippen LogP contribution in [0, 0.1) is 0 Å². The van der Waals surface area contributed by atoms with Crippen molar-refractivity contribution in [2.45, 2.75) is 25.4 Å². The van der Waals surface area contributed by atoms with Gasteiger partial charge in [0.1, 0.15) is 5.71 Å². The number of hydrogen-bond donors (Lipinski definition) is 2. The summed E-state index contributed by atoms with van der Waals surface area (Å²) in [7, 11) is 1.61. The van der Waals surface area contributed by atoms with Gasteiger partial charge in [-0.25, -0.2) is 4.79 Å². The molecule has 9 nitrogen and oxygen atoms in total. The van der Waals surface area contributed by atoms with Crippen LogP contribution in [0.15, 0.2) is 47.7 Å². The van der Waals surface area contributed by atoms with Crippen LogP contribution in [-0.2, 0) is 14.3 Å². The van der Waals surface area contributed by atoms with E-state index in [0.29, 0.717) is 18.1 Å². The summed E-state index contributed by atoms with van der Waals surface area (Å²) in [6, 6.07) is 9.67. The first-order valence-corrected chi connectivity index (χ1v) is 8.49. The number of carbonyl (C=O) groups is 2. The second-order valence-corrected chi connectivity index (χ2v) is 6.22. The fraction of sp³-hybridized carbons (Fsp3) is 0.333. The summed E-state index contributed by atoms with van der Waals surface area (Å²) in [5, 5.41) is 22.0. The molecule has 9 heteroatoms. The number of benzene rings is 1. The molecular formula is C18H21N5O4. The van der Waals surface area contributed by atoms with Crippen LogP contribution in [0.25, 0.3) is 0 Å². The molecule has 0 radical (unpaired) electrons. The molecule has 0 aliphatic carbocycles. The van der Waals surface area contributed by atoms with Crippen LogP contribution >= 0.6 is 0 Å². The zero-order valence-corrected chi connectivity index (χ0v) is 15.1. The average Bonchev–Trinajstić information content (AvgIpc) is 3.30. The first-order chi connectivity index (χ1) is 13.0. The molecule has 2 unspecified atom stereocenters. The zero-order chi connectivity index (χ0) is 19.4. The van der Waals surface area contributed by atoms with Crippen molar-refractivity contribution in [1.29, 1.82) is 0 Å². The number of hydrogen-bond acceptors (Lipinski definition) is 6. The number of ether oxygens (including phenoxy) is 1.